The van der Waals surface area contributed by atoms with Crippen LogP contribution in [0.4, 0.5) is 0 Å². The minimum atomic E-state index is 0.692. The summed E-state index contributed by atoms with van der Waals surface area (Å²) in [7, 11) is 0. The van der Waals surface area contributed by atoms with E-state index in [1.54, 1.807) is 0 Å². The van der Waals surface area contributed by atoms with E-state index >= 15 is 0 Å². The van der Waals surface area contributed by atoms with Gasteiger partial charge in [-0.05, 0) is 68.4 Å². The summed E-state index contributed by atoms with van der Waals surface area (Å²) in [6.07, 6.45) is 3.58. The molecule has 0 amide bonds. The Bertz CT molecular complexity index is 411. The van der Waals surface area contributed by atoms with Crippen LogP contribution < -0.4 is 10.5 Å². The Hall–Kier alpha value is -1.06. The van der Waals surface area contributed by atoms with Gasteiger partial charge in [-0.25, -0.2) is 0 Å². The van der Waals surface area contributed by atoms with Crippen molar-refractivity contribution in [3.63, 3.8) is 0 Å². The van der Waals surface area contributed by atoms with Crippen molar-refractivity contribution in [3.8, 4) is 5.75 Å². The van der Waals surface area contributed by atoms with Gasteiger partial charge in [0, 0.05) is 6.54 Å². The number of likely N-dealkylation sites (tertiary alicyclic amines) is 1. The Kier molecular flexibility index (Phi) is 6.52. The van der Waals surface area contributed by atoms with Crippen molar-refractivity contribution in [2.24, 2.45) is 17.6 Å². The molecule has 0 radical (unpaired) electrons. The van der Waals surface area contributed by atoms with Crippen LogP contribution in [0.1, 0.15) is 38.7 Å². The molecule has 1 aromatic rings. The lowest BCUT2D eigenvalue weighted by Crippen LogP contribution is -2.35. The molecule has 1 aliphatic heterocycles. The van der Waals surface area contributed by atoms with Crippen molar-refractivity contribution in [1.29, 1.82) is 0 Å². The quantitative estimate of drug-likeness (QED) is 0.837. The zero-order valence-electron chi connectivity index (χ0n) is 13.6. The Morgan fingerprint density at radius 1 is 1.29 bits per heavy atom. The first-order valence-electron chi connectivity index (χ1n) is 8.31. The number of rotatable bonds is 7. The van der Waals surface area contributed by atoms with E-state index in [9.17, 15) is 0 Å². The molecule has 21 heavy (non-hydrogen) atoms. The van der Waals surface area contributed by atoms with E-state index < -0.39 is 0 Å². The summed E-state index contributed by atoms with van der Waals surface area (Å²) in [5.41, 5.74) is 7.10. The highest BCUT2D eigenvalue weighted by Gasteiger charge is 2.17. The summed E-state index contributed by atoms with van der Waals surface area (Å²) in [6, 6.07) is 8.55. The van der Waals surface area contributed by atoms with Crippen LogP contribution in [-0.2, 0) is 6.54 Å². The monoisotopic (exact) mass is 290 g/mol. The molecule has 0 atom stereocenters. The molecule has 0 spiro atoms. The fourth-order valence-corrected chi connectivity index (χ4v) is 2.78. The molecular weight excluding hydrogens is 260 g/mol. The van der Waals surface area contributed by atoms with Gasteiger partial charge in [0.25, 0.3) is 0 Å². The predicted octanol–water partition coefficient (Wildman–Crippen LogP) is 3.28. The van der Waals surface area contributed by atoms with Crippen molar-refractivity contribution >= 4 is 0 Å². The van der Waals surface area contributed by atoms with Crippen LogP contribution in [0.5, 0.6) is 5.75 Å². The van der Waals surface area contributed by atoms with Gasteiger partial charge in [-0.1, -0.05) is 26.0 Å². The molecule has 118 valence electrons. The van der Waals surface area contributed by atoms with Crippen molar-refractivity contribution in [2.45, 2.75) is 39.7 Å². The molecule has 2 N–H and O–H groups in total. The Morgan fingerprint density at radius 2 is 2.05 bits per heavy atom. The van der Waals surface area contributed by atoms with Crippen molar-refractivity contribution in [3.05, 3.63) is 29.8 Å². The number of hydrogen-bond acceptors (Lipinski definition) is 3. The first kappa shape index (κ1) is 16.3. The summed E-state index contributed by atoms with van der Waals surface area (Å²) in [4.78, 5) is 2.53. The summed E-state index contributed by atoms with van der Waals surface area (Å²) in [5.74, 6) is 2.42. The number of nitrogens with zero attached hydrogens (tertiary/aromatic N) is 1. The lowest BCUT2D eigenvalue weighted by Gasteiger charge is -2.31. The van der Waals surface area contributed by atoms with Crippen LogP contribution in [-0.4, -0.2) is 31.1 Å². The fraction of sp³-hybridized carbons (Fsp3) is 0.667. The van der Waals surface area contributed by atoms with E-state index in [2.05, 4.69) is 43.0 Å². The molecule has 2 rings (SSSR count). The maximum atomic E-state index is 5.85. The van der Waals surface area contributed by atoms with E-state index in [4.69, 9.17) is 10.5 Å². The van der Waals surface area contributed by atoms with Gasteiger partial charge in [-0.2, -0.15) is 0 Å². The average molecular weight is 290 g/mol. The van der Waals surface area contributed by atoms with Crippen LogP contribution in [0.25, 0.3) is 0 Å². The summed E-state index contributed by atoms with van der Waals surface area (Å²) >= 11 is 0. The SMILES string of the molecule is CC(C)CCOc1cccc(CN2CCC(CN)CC2)c1. The molecule has 1 heterocycles. The molecule has 0 aliphatic carbocycles. The summed E-state index contributed by atoms with van der Waals surface area (Å²) < 4.78 is 5.85. The maximum absolute atomic E-state index is 5.85. The fourth-order valence-electron chi connectivity index (χ4n) is 2.78. The van der Waals surface area contributed by atoms with E-state index in [0.717, 1.165) is 37.8 Å². The van der Waals surface area contributed by atoms with Crippen LogP contribution in [0, 0.1) is 11.8 Å². The van der Waals surface area contributed by atoms with E-state index in [-0.39, 0.29) is 0 Å². The smallest absolute Gasteiger partial charge is 0.119 e. The Morgan fingerprint density at radius 3 is 2.71 bits per heavy atom. The lowest BCUT2D eigenvalue weighted by atomic mass is 9.97. The molecular formula is C18H30N2O. The van der Waals surface area contributed by atoms with Gasteiger partial charge in [-0.3, -0.25) is 4.90 Å². The molecule has 0 aromatic heterocycles. The highest BCUT2D eigenvalue weighted by molar-refractivity contribution is 5.28. The molecule has 1 aliphatic rings. The van der Waals surface area contributed by atoms with Crippen LogP contribution >= 0.6 is 0 Å². The molecule has 0 saturated carbocycles. The van der Waals surface area contributed by atoms with Crippen LogP contribution in [0.2, 0.25) is 0 Å². The first-order valence-corrected chi connectivity index (χ1v) is 8.31. The largest absolute Gasteiger partial charge is 0.494 e. The number of nitrogens with two attached hydrogens (primary N) is 1. The zero-order chi connectivity index (χ0) is 15.1. The molecule has 0 unspecified atom stereocenters. The maximum Gasteiger partial charge on any atom is 0.119 e. The standard InChI is InChI=1S/C18H30N2O/c1-15(2)8-11-21-18-5-3-4-17(12-18)14-20-9-6-16(13-19)7-10-20/h3-5,12,15-16H,6-11,13-14,19H2,1-2H3. The van der Waals surface area contributed by atoms with Gasteiger partial charge in [-0.15, -0.1) is 0 Å². The third-order valence-electron chi connectivity index (χ3n) is 4.31. The summed E-state index contributed by atoms with van der Waals surface area (Å²) in [5, 5.41) is 0. The van der Waals surface area contributed by atoms with Crippen LogP contribution in [0.3, 0.4) is 0 Å². The van der Waals surface area contributed by atoms with Crippen molar-refractivity contribution < 1.29 is 4.74 Å². The van der Waals surface area contributed by atoms with Gasteiger partial charge in [0.15, 0.2) is 0 Å². The second-order valence-corrected chi connectivity index (χ2v) is 6.63. The minimum Gasteiger partial charge on any atom is -0.494 e. The second kappa shape index (κ2) is 8.40. The average Bonchev–Trinajstić information content (AvgIpc) is 2.48. The van der Waals surface area contributed by atoms with E-state index in [0.29, 0.717) is 5.92 Å². The van der Waals surface area contributed by atoms with Crippen molar-refractivity contribution in [1.82, 2.24) is 4.90 Å². The van der Waals surface area contributed by atoms with Gasteiger partial charge in [0.05, 0.1) is 6.61 Å². The normalized spacial score (nSPS) is 17.3. The molecule has 0 bridgehead atoms. The van der Waals surface area contributed by atoms with Gasteiger partial charge >= 0.3 is 0 Å². The Labute approximate surface area is 129 Å². The van der Waals surface area contributed by atoms with E-state index in [1.165, 1.54) is 31.5 Å². The highest BCUT2D eigenvalue weighted by Crippen LogP contribution is 2.20. The minimum absolute atomic E-state index is 0.692. The lowest BCUT2D eigenvalue weighted by molar-refractivity contribution is 0.180. The van der Waals surface area contributed by atoms with E-state index in [1.807, 2.05) is 0 Å². The Balaban J connectivity index is 1.81. The highest BCUT2D eigenvalue weighted by atomic mass is 16.5. The number of benzene rings is 1. The molecule has 1 aromatic carbocycles. The predicted molar refractivity (Wildman–Crippen MR) is 88.4 cm³/mol. The molecule has 1 fully saturated rings. The third kappa shape index (κ3) is 5.68. The second-order valence-electron chi connectivity index (χ2n) is 6.63. The first-order chi connectivity index (χ1) is 10.2. The van der Waals surface area contributed by atoms with Gasteiger partial charge in [0.1, 0.15) is 5.75 Å². The van der Waals surface area contributed by atoms with Gasteiger partial charge in [0.2, 0.25) is 0 Å². The number of ether oxygens (including phenoxy) is 1. The third-order valence-corrected chi connectivity index (χ3v) is 4.31. The zero-order valence-corrected chi connectivity index (χ0v) is 13.6. The number of hydrogen-bond donors (Lipinski definition) is 1. The molecule has 3 nitrogen and oxygen atoms in total. The van der Waals surface area contributed by atoms with Gasteiger partial charge < -0.3 is 10.5 Å². The van der Waals surface area contributed by atoms with Crippen LogP contribution in [0.15, 0.2) is 24.3 Å². The number of piperidine rings is 1. The molecule has 3 heteroatoms. The molecule has 1 saturated heterocycles. The topological polar surface area (TPSA) is 38.5 Å². The summed E-state index contributed by atoms with van der Waals surface area (Å²) in [6.45, 7) is 9.46. The van der Waals surface area contributed by atoms with Crippen molar-refractivity contribution in [2.75, 3.05) is 26.2 Å².